The third-order valence-corrected chi connectivity index (χ3v) is 6.60. The zero-order chi connectivity index (χ0) is 14.8. The van der Waals surface area contributed by atoms with Gasteiger partial charge in [-0.15, -0.1) is 0 Å². The van der Waals surface area contributed by atoms with Gasteiger partial charge in [-0.1, -0.05) is 37.3 Å². The minimum Gasteiger partial charge on any atom is -0.381 e. The average molecular weight is 297 g/mol. The van der Waals surface area contributed by atoms with Crippen molar-refractivity contribution in [1.82, 2.24) is 0 Å². The van der Waals surface area contributed by atoms with Gasteiger partial charge in [-0.25, -0.2) is 8.42 Å². The molecule has 0 unspecified atom stereocenters. The maximum Gasteiger partial charge on any atom is 0.154 e. The third-order valence-electron chi connectivity index (χ3n) is 4.28. The number of sulfone groups is 1. The van der Waals surface area contributed by atoms with Gasteiger partial charge >= 0.3 is 0 Å². The molecule has 0 aliphatic heterocycles. The van der Waals surface area contributed by atoms with Gasteiger partial charge in [-0.2, -0.15) is 0 Å². The molecule has 3 atom stereocenters. The standard InChI is InChI=1S/C15H23NO3S/c1-3-19-11-15(10-16)13(12-8-6-5-7-9-12)14(15)20(17,18)4-2/h5-9,13-14H,3-4,10-11,16H2,1-2H3/t13-,14-,15+/m0/s1. The fourth-order valence-corrected chi connectivity index (χ4v) is 5.28. The first-order chi connectivity index (χ1) is 9.53. The second kappa shape index (κ2) is 5.84. The molecule has 1 aromatic carbocycles. The van der Waals surface area contributed by atoms with E-state index in [4.69, 9.17) is 10.5 Å². The summed E-state index contributed by atoms with van der Waals surface area (Å²) >= 11 is 0. The minimum absolute atomic E-state index is 0.0507. The van der Waals surface area contributed by atoms with E-state index in [1.54, 1.807) is 6.92 Å². The van der Waals surface area contributed by atoms with Gasteiger partial charge in [-0.3, -0.25) is 0 Å². The summed E-state index contributed by atoms with van der Waals surface area (Å²) in [7, 11) is -3.13. The molecule has 0 spiro atoms. The Morgan fingerprint density at radius 1 is 1.25 bits per heavy atom. The molecule has 1 aliphatic rings. The Hall–Kier alpha value is -0.910. The molecule has 1 saturated carbocycles. The first-order valence-corrected chi connectivity index (χ1v) is 8.79. The van der Waals surface area contributed by atoms with E-state index in [-0.39, 0.29) is 11.7 Å². The van der Waals surface area contributed by atoms with Crippen molar-refractivity contribution in [2.45, 2.75) is 25.0 Å². The molecular weight excluding hydrogens is 274 g/mol. The van der Waals surface area contributed by atoms with E-state index < -0.39 is 20.5 Å². The molecule has 1 aliphatic carbocycles. The van der Waals surface area contributed by atoms with Crippen molar-refractivity contribution < 1.29 is 13.2 Å². The summed E-state index contributed by atoms with van der Waals surface area (Å²) in [6.45, 7) is 4.91. The van der Waals surface area contributed by atoms with Gasteiger partial charge in [0, 0.05) is 30.2 Å². The Morgan fingerprint density at radius 2 is 1.90 bits per heavy atom. The monoisotopic (exact) mass is 297 g/mol. The van der Waals surface area contributed by atoms with E-state index in [2.05, 4.69) is 0 Å². The first kappa shape index (κ1) is 15.5. The Kier molecular flexibility index (Phi) is 4.52. The smallest absolute Gasteiger partial charge is 0.154 e. The molecule has 112 valence electrons. The zero-order valence-corrected chi connectivity index (χ0v) is 12.9. The Bertz CT molecular complexity index is 543. The van der Waals surface area contributed by atoms with Gasteiger partial charge in [-0.05, 0) is 12.5 Å². The van der Waals surface area contributed by atoms with Crippen LogP contribution < -0.4 is 5.73 Å². The zero-order valence-electron chi connectivity index (χ0n) is 12.1. The molecule has 0 aromatic heterocycles. The number of nitrogens with two attached hydrogens (primary N) is 1. The highest BCUT2D eigenvalue weighted by Gasteiger charge is 2.69. The molecule has 1 fully saturated rings. The lowest BCUT2D eigenvalue weighted by atomic mass is 10.0. The Balaban J connectivity index is 2.37. The Morgan fingerprint density at radius 3 is 2.40 bits per heavy atom. The van der Waals surface area contributed by atoms with Crippen LogP contribution in [0.3, 0.4) is 0 Å². The fraction of sp³-hybridized carbons (Fsp3) is 0.600. The molecule has 2 rings (SSSR count). The van der Waals surface area contributed by atoms with Crippen molar-refractivity contribution in [2.24, 2.45) is 11.1 Å². The minimum atomic E-state index is -3.13. The van der Waals surface area contributed by atoms with Crippen LogP contribution in [0.5, 0.6) is 0 Å². The molecule has 2 N–H and O–H groups in total. The van der Waals surface area contributed by atoms with Crippen molar-refractivity contribution in [2.75, 3.05) is 25.5 Å². The fourth-order valence-electron chi connectivity index (χ4n) is 3.13. The van der Waals surface area contributed by atoms with Crippen molar-refractivity contribution >= 4 is 9.84 Å². The number of benzene rings is 1. The van der Waals surface area contributed by atoms with Crippen LogP contribution in [0.1, 0.15) is 25.3 Å². The number of rotatable bonds is 7. The van der Waals surface area contributed by atoms with Crippen LogP contribution in [0.15, 0.2) is 30.3 Å². The normalized spacial score (nSPS) is 29.4. The van der Waals surface area contributed by atoms with E-state index >= 15 is 0 Å². The van der Waals surface area contributed by atoms with Gasteiger partial charge in [0.25, 0.3) is 0 Å². The maximum atomic E-state index is 12.4. The molecule has 1 aromatic rings. The van der Waals surface area contributed by atoms with Gasteiger partial charge in [0.1, 0.15) is 0 Å². The van der Waals surface area contributed by atoms with Crippen LogP contribution in [0.2, 0.25) is 0 Å². The largest absolute Gasteiger partial charge is 0.381 e. The summed E-state index contributed by atoms with van der Waals surface area (Å²) in [6.07, 6.45) is 0. The van der Waals surface area contributed by atoms with E-state index in [1.807, 2.05) is 37.3 Å². The van der Waals surface area contributed by atoms with Crippen LogP contribution in [0.4, 0.5) is 0 Å². The Labute approximate surface area is 121 Å². The summed E-state index contributed by atoms with van der Waals surface area (Å²) in [6, 6.07) is 9.76. The van der Waals surface area contributed by atoms with Crippen LogP contribution in [0, 0.1) is 5.41 Å². The lowest BCUT2D eigenvalue weighted by Gasteiger charge is -2.15. The lowest BCUT2D eigenvalue weighted by Crippen LogP contribution is -2.29. The van der Waals surface area contributed by atoms with Crippen molar-refractivity contribution in [3.63, 3.8) is 0 Å². The van der Waals surface area contributed by atoms with E-state index in [0.29, 0.717) is 19.8 Å². The van der Waals surface area contributed by atoms with E-state index in [9.17, 15) is 8.42 Å². The molecule has 0 saturated heterocycles. The third kappa shape index (κ3) is 2.50. The molecule has 0 heterocycles. The van der Waals surface area contributed by atoms with Crippen LogP contribution in [0.25, 0.3) is 0 Å². The van der Waals surface area contributed by atoms with Gasteiger partial charge in [0.2, 0.25) is 0 Å². The lowest BCUT2D eigenvalue weighted by molar-refractivity contribution is 0.101. The van der Waals surface area contributed by atoms with Gasteiger partial charge in [0.15, 0.2) is 9.84 Å². The van der Waals surface area contributed by atoms with Crippen LogP contribution >= 0.6 is 0 Å². The van der Waals surface area contributed by atoms with Gasteiger partial charge < -0.3 is 10.5 Å². The molecule has 0 radical (unpaired) electrons. The second-order valence-electron chi connectivity index (χ2n) is 5.33. The van der Waals surface area contributed by atoms with Crippen LogP contribution in [-0.4, -0.2) is 39.2 Å². The predicted octanol–water partition coefficient (Wildman–Crippen LogP) is 1.57. The quantitative estimate of drug-likeness (QED) is 0.829. The maximum absolute atomic E-state index is 12.4. The topological polar surface area (TPSA) is 69.4 Å². The summed E-state index contributed by atoms with van der Waals surface area (Å²) in [5.41, 5.74) is 6.51. The summed E-state index contributed by atoms with van der Waals surface area (Å²) in [4.78, 5) is 0. The van der Waals surface area contributed by atoms with Crippen LogP contribution in [-0.2, 0) is 14.6 Å². The summed E-state index contributed by atoms with van der Waals surface area (Å²) < 4.78 is 30.3. The number of ether oxygens (including phenoxy) is 1. The SMILES string of the molecule is CCOC[C@]1(CN)[C@@H](c2ccccc2)[C@@H]1S(=O)(=O)CC. The number of hydrogen-bond donors (Lipinski definition) is 1. The summed E-state index contributed by atoms with van der Waals surface area (Å²) in [5, 5.41) is -0.418. The highest BCUT2D eigenvalue weighted by molar-refractivity contribution is 7.92. The number of hydrogen-bond acceptors (Lipinski definition) is 4. The van der Waals surface area contributed by atoms with E-state index in [1.165, 1.54) is 0 Å². The highest BCUT2D eigenvalue weighted by Crippen LogP contribution is 2.62. The molecule has 20 heavy (non-hydrogen) atoms. The van der Waals surface area contributed by atoms with Crippen molar-refractivity contribution in [3.8, 4) is 0 Å². The average Bonchev–Trinajstić information content (AvgIpc) is 3.16. The highest BCUT2D eigenvalue weighted by atomic mass is 32.2. The van der Waals surface area contributed by atoms with Crippen molar-refractivity contribution in [1.29, 1.82) is 0 Å². The van der Waals surface area contributed by atoms with Crippen molar-refractivity contribution in [3.05, 3.63) is 35.9 Å². The molecule has 0 amide bonds. The second-order valence-corrected chi connectivity index (χ2v) is 7.75. The predicted molar refractivity (Wildman–Crippen MR) is 80.4 cm³/mol. The summed E-state index contributed by atoms with van der Waals surface area (Å²) in [5.74, 6) is 0.0970. The molecule has 4 nitrogen and oxygen atoms in total. The molecular formula is C15H23NO3S. The van der Waals surface area contributed by atoms with E-state index in [0.717, 1.165) is 5.56 Å². The molecule has 0 bridgehead atoms. The van der Waals surface area contributed by atoms with Gasteiger partial charge in [0.05, 0.1) is 11.9 Å². The molecule has 5 heteroatoms. The first-order valence-electron chi connectivity index (χ1n) is 7.07.